The molecular formula is C14H13N3O. The van der Waals surface area contributed by atoms with E-state index in [1.807, 2.05) is 0 Å². The largest absolute Gasteiger partial charge is 0.336 e. The third-order valence-electron chi connectivity index (χ3n) is 2.52. The molecule has 0 aliphatic carbocycles. The topological polar surface area (TPSA) is 54.9 Å². The lowest BCUT2D eigenvalue weighted by molar-refractivity contribution is 0.0930. The Labute approximate surface area is 105 Å². The zero-order valence-electron chi connectivity index (χ0n) is 10.3. The predicted octanol–water partition coefficient (Wildman–Crippen LogP) is 1.77. The number of rotatable bonds is 2. The number of nitrogens with zero attached hydrogens (tertiary/aromatic N) is 2. The van der Waals surface area contributed by atoms with Crippen LogP contribution in [0.1, 0.15) is 24.2 Å². The van der Waals surface area contributed by atoms with E-state index in [2.05, 4.69) is 21.2 Å². The number of carbonyl (C=O) groups excluding carboxylic acids is 1. The maximum Gasteiger partial charge on any atom is 0.252 e. The summed E-state index contributed by atoms with van der Waals surface area (Å²) in [6.45, 7) is 3.54. The van der Waals surface area contributed by atoms with Gasteiger partial charge in [-0.05, 0) is 32.0 Å². The number of aromatic nitrogens is 2. The molecule has 2 rings (SSSR count). The number of terminal acetylenes is 1. The zero-order valence-corrected chi connectivity index (χ0v) is 10.3. The predicted molar refractivity (Wildman–Crippen MR) is 69.9 cm³/mol. The van der Waals surface area contributed by atoms with Gasteiger partial charge in [-0.15, -0.1) is 6.42 Å². The van der Waals surface area contributed by atoms with Crippen molar-refractivity contribution in [1.82, 2.24) is 15.3 Å². The molecule has 0 aliphatic heterocycles. The Balaban J connectivity index is 2.32. The number of carbonyl (C=O) groups is 1. The molecule has 0 saturated carbocycles. The first-order valence-corrected chi connectivity index (χ1v) is 5.53. The van der Waals surface area contributed by atoms with Crippen LogP contribution in [0.25, 0.3) is 11.0 Å². The van der Waals surface area contributed by atoms with Gasteiger partial charge >= 0.3 is 0 Å². The lowest BCUT2D eigenvalue weighted by Crippen LogP contribution is -2.42. The summed E-state index contributed by atoms with van der Waals surface area (Å²) in [4.78, 5) is 20.3. The van der Waals surface area contributed by atoms with E-state index in [1.165, 1.54) is 0 Å². The average molecular weight is 239 g/mol. The first-order valence-electron chi connectivity index (χ1n) is 5.53. The molecule has 0 bridgehead atoms. The Hall–Kier alpha value is -2.41. The van der Waals surface area contributed by atoms with Crippen molar-refractivity contribution in [2.24, 2.45) is 0 Å². The first-order chi connectivity index (χ1) is 8.52. The van der Waals surface area contributed by atoms with Crippen molar-refractivity contribution in [3.8, 4) is 12.3 Å². The van der Waals surface area contributed by atoms with E-state index < -0.39 is 5.54 Å². The van der Waals surface area contributed by atoms with Crippen molar-refractivity contribution < 1.29 is 4.79 Å². The van der Waals surface area contributed by atoms with E-state index in [0.29, 0.717) is 11.1 Å². The minimum Gasteiger partial charge on any atom is -0.336 e. The summed E-state index contributed by atoms with van der Waals surface area (Å²) in [5, 5.41) is 2.76. The van der Waals surface area contributed by atoms with Crippen molar-refractivity contribution in [3.05, 3.63) is 36.2 Å². The molecule has 0 aliphatic rings. The molecule has 0 saturated heterocycles. The standard InChI is InChI=1S/C14H13N3O/c1-4-14(2,3)17-13(18)10-5-6-11-12(9-10)16-8-7-15-11/h1,5-9H,2-3H3,(H,17,18). The summed E-state index contributed by atoms with van der Waals surface area (Å²) in [6.07, 6.45) is 8.54. The van der Waals surface area contributed by atoms with E-state index in [9.17, 15) is 4.79 Å². The third kappa shape index (κ3) is 2.46. The van der Waals surface area contributed by atoms with Gasteiger partial charge in [-0.2, -0.15) is 0 Å². The Morgan fingerprint density at radius 3 is 2.61 bits per heavy atom. The molecule has 0 unspecified atom stereocenters. The fourth-order valence-corrected chi connectivity index (χ4v) is 1.50. The van der Waals surface area contributed by atoms with Crippen LogP contribution in [0.3, 0.4) is 0 Å². The molecule has 1 N–H and O–H groups in total. The van der Waals surface area contributed by atoms with Crippen molar-refractivity contribution >= 4 is 16.9 Å². The molecule has 1 heterocycles. The van der Waals surface area contributed by atoms with Gasteiger partial charge in [0.05, 0.1) is 16.6 Å². The normalized spacial score (nSPS) is 10.9. The van der Waals surface area contributed by atoms with Crippen LogP contribution in [0.5, 0.6) is 0 Å². The first kappa shape index (κ1) is 12.1. The monoisotopic (exact) mass is 239 g/mol. The molecule has 0 spiro atoms. The van der Waals surface area contributed by atoms with Gasteiger partial charge in [0.1, 0.15) is 0 Å². The van der Waals surface area contributed by atoms with Gasteiger partial charge in [0.2, 0.25) is 0 Å². The second-order valence-electron chi connectivity index (χ2n) is 4.48. The van der Waals surface area contributed by atoms with Crippen LogP contribution in [0.4, 0.5) is 0 Å². The minimum absolute atomic E-state index is 0.217. The minimum atomic E-state index is -0.672. The van der Waals surface area contributed by atoms with Crippen LogP contribution >= 0.6 is 0 Å². The van der Waals surface area contributed by atoms with Crippen molar-refractivity contribution in [3.63, 3.8) is 0 Å². The molecule has 1 amide bonds. The molecule has 1 aromatic carbocycles. The SMILES string of the molecule is C#CC(C)(C)NC(=O)c1ccc2nccnc2c1. The van der Waals surface area contributed by atoms with Crippen molar-refractivity contribution in [1.29, 1.82) is 0 Å². The lowest BCUT2D eigenvalue weighted by atomic mass is 10.1. The van der Waals surface area contributed by atoms with Crippen molar-refractivity contribution in [2.75, 3.05) is 0 Å². The molecule has 4 nitrogen and oxygen atoms in total. The summed E-state index contributed by atoms with van der Waals surface area (Å²) in [6, 6.07) is 5.17. The highest BCUT2D eigenvalue weighted by molar-refractivity contribution is 5.97. The van der Waals surface area contributed by atoms with E-state index in [1.54, 1.807) is 44.4 Å². The molecule has 4 heteroatoms. The number of hydrogen-bond donors (Lipinski definition) is 1. The van der Waals surface area contributed by atoms with Crippen molar-refractivity contribution in [2.45, 2.75) is 19.4 Å². The van der Waals surface area contributed by atoms with E-state index in [-0.39, 0.29) is 5.91 Å². The van der Waals surface area contributed by atoms with Gasteiger partial charge in [0.15, 0.2) is 0 Å². The van der Waals surface area contributed by atoms with Crippen LogP contribution in [0.15, 0.2) is 30.6 Å². The summed E-state index contributed by atoms with van der Waals surface area (Å²) in [5.74, 6) is 2.30. The Morgan fingerprint density at radius 1 is 1.28 bits per heavy atom. The van der Waals surface area contributed by atoms with Gasteiger partial charge in [0.25, 0.3) is 5.91 Å². The number of benzene rings is 1. The number of hydrogen-bond acceptors (Lipinski definition) is 3. The molecule has 2 aromatic rings. The van der Waals surface area contributed by atoms with E-state index >= 15 is 0 Å². The molecular weight excluding hydrogens is 226 g/mol. The maximum absolute atomic E-state index is 12.0. The van der Waals surface area contributed by atoms with Gasteiger partial charge in [-0.3, -0.25) is 14.8 Å². The van der Waals surface area contributed by atoms with Crippen LogP contribution < -0.4 is 5.32 Å². The highest BCUT2D eigenvalue weighted by Crippen LogP contribution is 2.12. The fraction of sp³-hybridized carbons (Fsp3) is 0.214. The van der Waals surface area contributed by atoms with Crippen LogP contribution in [0.2, 0.25) is 0 Å². The number of fused-ring (bicyclic) bond motifs is 1. The smallest absolute Gasteiger partial charge is 0.252 e. The molecule has 0 radical (unpaired) electrons. The molecule has 0 atom stereocenters. The van der Waals surface area contributed by atoms with Gasteiger partial charge < -0.3 is 5.32 Å². The fourth-order valence-electron chi connectivity index (χ4n) is 1.50. The zero-order chi connectivity index (χ0) is 13.2. The molecule has 1 aromatic heterocycles. The Kier molecular flexibility index (Phi) is 2.99. The van der Waals surface area contributed by atoms with Crippen LogP contribution in [-0.4, -0.2) is 21.4 Å². The van der Waals surface area contributed by atoms with Gasteiger partial charge in [-0.25, -0.2) is 0 Å². The maximum atomic E-state index is 12.0. The highest BCUT2D eigenvalue weighted by Gasteiger charge is 2.18. The van der Waals surface area contributed by atoms with Gasteiger partial charge in [0, 0.05) is 18.0 Å². The molecule has 90 valence electrons. The molecule has 18 heavy (non-hydrogen) atoms. The second-order valence-corrected chi connectivity index (χ2v) is 4.48. The van der Waals surface area contributed by atoms with Crippen LogP contribution in [0, 0.1) is 12.3 Å². The third-order valence-corrected chi connectivity index (χ3v) is 2.52. The Bertz CT molecular complexity index is 641. The highest BCUT2D eigenvalue weighted by atomic mass is 16.1. The lowest BCUT2D eigenvalue weighted by Gasteiger charge is -2.19. The summed E-state index contributed by atoms with van der Waals surface area (Å²) < 4.78 is 0. The average Bonchev–Trinajstić information content (AvgIpc) is 2.37. The number of amides is 1. The molecule has 0 fully saturated rings. The second kappa shape index (κ2) is 4.46. The van der Waals surface area contributed by atoms with E-state index in [4.69, 9.17) is 6.42 Å². The number of nitrogens with one attached hydrogen (secondary N) is 1. The van der Waals surface area contributed by atoms with Crippen LogP contribution in [-0.2, 0) is 0 Å². The van der Waals surface area contributed by atoms with E-state index in [0.717, 1.165) is 5.52 Å². The summed E-state index contributed by atoms with van der Waals surface area (Å²) >= 11 is 0. The summed E-state index contributed by atoms with van der Waals surface area (Å²) in [7, 11) is 0. The summed E-state index contributed by atoms with van der Waals surface area (Å²) in [5.41, 5.74) is 1.29. The Morgan fingerprint density at radius 2 is 1.94 bits per heavy atom. The van der Waals surface area contributed by atoms with Gasteiger partial charge in [-0.1, -0.05) is 5.92 Å². The quantitative estimate of drug-likeness (QED) is 0.813.